The van der Waals surface area contributed by atoms with Crippen molar-refractivity contribution in [3.8, 4) is 0 Å². The molecule has 4 nitrogen and oxygen atoms in total. The largest absolute Gasteiger partial charge is 0.468 e. The van der Waals surface area contributed by atoms with Crippen LogP contribution in [-0.4, -0.2) is 17.4 Å². The van der Waals surface area contributed by atoms with Gasteiger partial charge in [-0.25, -0.2) is 0 Å². The highest BCUT2D eigenvalue weighted by Crippen LogP contribution is 2.23. The van der Waals surface area contributed by atoms with Gasteiger partial charge in [0.25, 0.3) is 0 Å². The van der Waals surface area contributed by atoms with Crippen LogP contribution in [0.25, 0.3) is 0 Å². The van der Waals surface area contributed by atoms with Gasteiger partial charge in [0.2, 0.25) is 5.91 Å². The average molecular weight is 413 g/mol. The lowest BCUT2D eigenvalue weighted by atomic mass is 10.2. The molecule has 26 heavy (non-hydrogen) atoms. The van der Waals surface area contributed by atoms with Gasteiger partial charge in [-0.15, -0.1) is 0 Å². The van der Waals surface area contributed by atoms with Gasteiger partial charge in [-0.1, -0.05) is 36.4 Å². The maximum absolute atomic E-state index is 12.6. The van der Waals surface area contributed by atoms with E-state index in [0.717, 1.165) is 27.0 Å². The highest BCUT2D eigenvalue weighted by atomic mass is 79.9. The van der Waals surface area contributed by atoms with Crippen LogP contribution in [-0.2, 0) is 17.9 Å². The van der Waals surface area contributed by atoms with Gasteiger partial charge >= 0.3 is 0 Å². The summed E-state index contributed by atoms with van der Waals surface area (Å²) in [7, 11) is 0. The summed E-state index contributed by atoms with van der Waals surface area (Å²) in [6.07, 6.45) is 1.65. The van der Waals surface area contributed by atoms with Crippen LogP contribution in [0.15, 0.2) is 75.8 Å². The molecule has 0 aliphatic rings. The summed E-state index contributed by atoms with van der Waals surface area (Å²) in [5.41, 5.74) is 3.07. The highest BCUT2D eigenvalue weighted by Gasteiger charge is 2.14. The fraction of sp³-hybridized carbons (Fsp3) is 0.190. The molecule has 1 N–H and O–H groups in total. The van der Waals surface area contributed by atoms with E-state index in [1.807, 2.05) is 55.5 Å². The third-order valence-electron chi connectivity index (χ3n) is 3.97. The van der Waals surface area contributed by atoms with Crippen molar-refractivity contribution < 1.29 is 9.21 Å². The van der Waals surface area contributed by atoms with Gasteiger partial charge in [-0.3, -0.25) is 9.69 Å². The molecule has 134 valence electrons. The summed E-state index contributed by atoms with van der Waals surface area (Å²) in [5.74, 6) is 0.780. The Balaban J connectivity index is 1.68. The number of anilines is 1. The first-order chi connectivity index (χ1) is 12.6. The van der Waals surface area contributed by atoms with E-state index >= 15 is 0 Å². The number of aryl methyl sites for hydroxylation is 1. The maximum atomic E-state index is 12.6. The van der Waals surface area contributed by atoms with Crippen LogP contribution in [0.2, 0.25) is 0 Å². The van der Waals surface area contributed by atoms with Crippen molar-refractivity contribution in [2.75, 3.05) is 11.9 Å². The van der Waals surface area contributed by atoms with Gasteiger partial charge in [0.1, 0.15) is 5.76 Å². The second kappa shape index (κ2) is 8.83. The smallest absolute Gasteiger partial charge is 0.238 e. The van der Waals surface area contributed by atoms with Crippen molar-refractivity contribution in [1.82, 2.24) is 4.90 Å². The molecular weight excluding hydrogens is 392 g/mol. The molecule has 1 aromatic heterocycles. The topological polar surface area (TPSA) is 45.5 Å². The van der Waals surface area contributed by atoms with E-state index in [4.69, 9.17) is 4.42 Å². The molecule has 0 saturated carbocycles. The molecule has 0 spiro atoms. The number of nitrogens with one attached hydrogen (secondary N) is 1. The standard InChI is InChI=1S/C21H21BrN2O2/c1-16-9-10-20(19(22)12-16)23-21(25)15-24(14-18-8-5-11-26-18)13-17-6-3-2-4-7-17/h2-12H,13-15H2,1H3,(H,23,25). The van der Waals surface area contributed by atoms with Crippen molar-refractivity contribution in [2.24, 2.45) is 0 Å². The van der Waals surface area contributed by atoms with Crippen molar-refractivity contribution in [2.45, 2.75) is 20.0 Å². The highest BCUT2D eigenvalue weighted by molar-refractivity contribution is 9.10. The molecule has 0 atom stereocenters. The molecule has 0 aliphatic carbocycles. The number of benzene rings is 2. The summed E-state index contributed by atoms with van der Waals surface area (Å²) in [5, 5.41) is 2.98. The Bertz CT molecular complexity index is 848. The zero-order valence-corrected chi connectivity index (χ0v) is 16.2. The first-order valence-corrected chi connectivity index (χ1v) is 9.24. The zero-order valence-electron chi connectivity index (χ0n) is 14.6. The van der Waals surface area contributed by atoms with Crippen LogP contribution in [0.4, 0.5) is 5.69 Å². The van der Waals surface area contributed by atoms with E-state index in [1.54, 1.807) is 6.26 Å². The molecular formula is C21H21BrN2O2. The molecule has 3 rings (SSSR count). The lowest BCUT2D eigenvalue weighted by Gasteiger charge is -2.21. The molecule has 0 fully saturated rings. The van der Waals surface area contributed by atoms with Crippen LogP contribution >= 0.6 is 15.9 Å². The number of hydrogen-bond acceptors (Lipinski definition) is 3. The van der Waals surface area contributed by atoms with Gasteiger partial charge in [0.15, 0.2) is 0 Å². The zero-order chi connectivity index (χ0) is 18.4. The minimum atomic E-state index is -0.0583. The van der Waals surface area contributed by atoms with E-state index in [-0.39, 0.29) is 12.5 Å². The fourth-order valence-electron chi connectivity index (χ4n) is 2.75. The number of carbonyl (C=O) groups is 1. The maximum Gasteiger partial charge on any atom is 0.238 e. The molecule has 0 bridgehead atoms. The quantitative estimate of drug-likeness (QED) is 0.594. The van der Waals surface area contributed by atoms with Gasteiger partial charge in [-0.05, 0) is 58.2 Å². The Morgan fingerprint density at radius 2 is 1.88 bits per heavy atom. The molecule has 3 aromatic rings. The van der Waals surface area contributed by atoms with E-state index in [1.165, 1.54) is 0 Å². The predicted octanol–water partition coefficient (Wildman–Crippen LogP) is 4.99. The third-order valence-corrected chi connectivity index (χ3v) is 4.63. The Labute approximate surface area is 162 Å². The third kappa shape index (κ3) is 5.31. The second-order valence-electron chi connectivity index (χ2n) is 6.24. The summed E-state index contributed by atoms with van der Waals surface area (Å²) < 4.78 is 6.33. The number of amides is 1. The lowest BCUT2D eigenvalue weighted by Crippen LogP contribution is -2.32. The first kappa shape index (κ1) is 18.4. The van der Waals surface area contributed by atoms with Gasteiger partial charge < -0.3 is 9.73 Å². The lowest BCUT2D eigenvalue weighted by molar-refractivity contribution is -0.117. The summed E-state index contributed by atoms with van der Waals surface area (Å²) >= 11 is 3.50. The number of nitrogens with zero attached hydrogens (tertiary/aromatic N) is 1. The molecule has 0 saturated heterocycles. The van der Waals surface area contributed by atoms with Crippen LogP contribution in [0, 0.1) is 6.92 Å². The molecule has 0 aliphatic heterocycles. The number of carbonyl (C=O) groups excluding carboxylic acids is 1. The predicted molar refractivity (Wildman–Crippen MR) is 107 cm³/mol. The molecule has 5 heteroatoms. The van der Waals surface area contributed by atoms with Gasteiger partial charge in [0, 0.05) is 11.0 Å². The number of hydrogen-bond donors (Lipinski definition) is 1. The van der Waals surface area contributed by atoms with E-state index < -0.39 is 0 Å². The monoisotopic (exact) mass is 412 g/mol. The molecule has 2 aromatic carbocycles. The Morgan fingerprint density at radius 1 is 1.08 bits per heavy atom. The fourth-order valence-corrected chi connectivity index (χ4v) is 3.34. The second-order valence-corrected chi connectivity index (χ2v) is 7.10. The normalized spacial score (nSPS) is 10.9. The van der Waals surface area contributed by atoms with Crippen LogP contribution in [0.3, 0.4) is 0 Å². The summed E-state index contributed by atoms with van der Waals surface area (Å²) in [4.78, 5) is 14.6. The summed E-state index contributed by atoms with van der Waals surface area (Å²) in [6, 6.07) is 19.8. The SMILES string of the molecule is Cc1ccc(NC(=O)CN(Cc2ccccc2)Cc2ccco2)c(Br)c1. The molecule has 1 amide bonds. The minimum Gasteiger partial charge on any atom is -0.468 e. The van der Waals surface area contributed by atoms with Crippen LogP contribution in [0.1, 0.15) is 16.9 Å². The molecule has 0 unspecified atom stereocenters. The van der Waals surface area contributed by atoms with Crippen LogP contribution < -0.4 is 5.32 Å². The van der Waals surface area contributed by atoms with Gasteiger partial charge in [0.05, 0.1) is 25.0 Å². The number of furan rings is 1. The Hall–Kier alpha value is -2.37. The van der Waals surface area contributed by atoms with Crippen LogP contribution in [0.5, 0.6) is 0 Å². The van der Waals surface area contributed by atoms with Crippen molar-refractivity contribution in [1.29, 1.82) is 0 Å². The summed E-state index contributed by atoms with van der Waals surface area (Å²) in [6.45, 7) is 3.53. The van der Waals surface area contributed by atoms with E-state index in [0.29, 0.717) is 13.1 Å². The molecule has 1 heterocycles. The van der Waals surface area contributed by atoms with Gasteiger partial charge in [-0.2, -0.15) is 0 Å². The van der Waals surface area contributed by atoms with Crippen molar-refractivity contribution >= 4 is 27.5 Å². The Morgan fingerprint density at radius 3 is 2.58 bits per heavy atom. The van der Waals surface area contributed by atoms with Crippen molar-refractivity contribution in [3.05, 3.63) is 88.3 Å². The molecule has 0 radical (unpaired) electrons. The number of halogens is 1. The number of rotatable bonds is 7. The average Bonchev–Trinajstić information content (AvgIpc) is 3.11. The van der Waals surface area contributed by atoms with E-state index in [9.17, 15) is 4.79 Å². The Kier molecular flexibility index (Phi) is 6.26. The van der Waals surface area contributed by atoms with Crippen molar-refractivity contribution in [3.63, 3.8) is 0 Å². The van der Waals surface area contributed by atoms with E-state index in [2.05, 4.69) is 38.3 Å². The minimum absolute atomic E-state index is 0.0583. The first-order valence-electron chi connectivity index (χ1n) is 8.45.